The number of hydrogen-bond acceptors (Lipinski definition) is 3. The van der Waals surface area contributed by atoms with Gasteiger partial charge in [-0.2, -0.15) is 0 Å². The lowest BCUT2D eigenvalue weighted by molar-refractivity contribution is -0.274. The van der Waals surface area contributed by atoms with Crippen LogP contribution in [-0.2, 0) is 13.1 Å². The van der Waals surface area contributed by atoms with Crippen molar-refractivity contribution in [2.24, 2.45) is 0 Å². The van der Waals surface area contributed by atoms with Crippen LogP contribution in [0, 0.1) is 0 Å². The van der Waals surface area contributed by atoms with E-state index < -0.39 is 6.36 Å². The first-order valence-electron chi connectivity index (χ1n) is 7.24. The van der Waals surface area contributed by atoms with Crippen molar-refractivity contribution >= 4 is 0 Å². The summed E-state index contributed by atoms with van der Waals surface area (Å²) < 4.78 is 46.7. The Morgan fingerprint density at radius 2 is 1.39 bits per heavy atom. The summed E-state index contributed by atoms with van der Waals surface area (Å²) in [6.45, 7) is 3.19. The molecule has 0 atom stereocenters. The number of rotatable bonds is 7. The Morgan fingerprint density at radius 3 is 1.96 bits per heavy atom. The number of halogens is 3. The quantitative estimate of drug-likeness (QED) is 0.824. The average molecular weight is 325 g/mol. The fourth-order valence-corrected chi connectivity index (χ4v) is 2.15. The maximum absolute atomic E-state index is 12.4. The van der Waals surface area contributed by atoms with E-state index in [1.54, 1.807) is 12.1 Å². The van der Waals surface area contributed by atoms with Crippen LogP contribution in [0.15, 0.2) is 48.5 Å². The van der Waals surface area contributed by atoms with E-state index in [4.69, 9.17) is 4.74 Å². The lowest BCUT2D eigenvalue weighted by Gasteiger charge is -2.14. The molecule has 0 aromatic heterocycles. The molecule has 0 heterocycles. The molecule has 124 valence electrons. The summed E-state index contributed by atoms with van der Waals surface area (Å²) in [6, 6.07) is 13.6. The summed E-state index contributed by atoms with van der Waals surface area (Å²) in [6.07, 6.45) is -4.70. The number of hydrogen-bond donors (Lipinski definition) is 1. The van der Waals surface area contributed by atoms with E-state index in [-0.39, 0.29) is 12.3 Å². The van der Waals surface area contributed by atoms with Crippen molar-refractivity contribution in [1.29, 1.82) is 0 Å². The predicted molar refractivity (Wildman–Crippen MR) is 81.3 cm³/mol. The zero-order valence-electron chi connectivity index (χ0n) is 12.7. The Labute approximate surface area is 133 Å². The molecule has 23 heavy (non-hydrogen) atoms. The first-order chi connectivity index (χ1) is 11.0. The molecule has 2 aromatic rings. The Balaban J connectivity index is 1.99. The van der Waals surface area contributed by atoms with E-state index in [9.17, 15) is 13.2 Å². The van der Waals surface area contributed by atoms with Crippen LogP contribution in [0.3, 0.4) is 0 Å². The third-order valence-corrected chi connectivity index (χ3v) is 3.10. The summed E-state index contributed by atoms with van der Waals surface area (Å²) >= 11 is 0. The van der Waals surface area contributed by atoms with Crippen molar-refractivity contribution in [3.8, 4) is 11.5 Å². The van der Waals surface area contributed by atoms with Gasteiger partial charge in [-0.3, -0.25) is 0 Å². The molecule has 0 saturated heterocycles. The lowest BCUT2D eigenvalue weighted by Crippen LogP contribution is -2.20. The maximum Gasteiger partial charge on any atom is 0.573 e. The molecule has 0 fully saturated rings. The molecule has 0 bridgehead atoms. The average Bonchev–Trinajstić information content (AvgIpc) is 2.49. The molecule has 0 spiro atoms. The fraction of sp³-hybridized carbons (Fsp3) is 0.294. The van der Waals surface area contributed by atoms with Crippen molar-refractivity contribution in [3.63, 3.8) is 0 Å². The number of alkyl halides is 3. The van der Waals surface area contributed by atoms with Crippen LogP contribution >= 0.6 is 0 Å². The third-order valence-electron chi connectivity index (χ3n) is 3.10. The van der Waals surface area contributed by atoms with Gasteiger partial charge in [0.2, 0.25) is 0 Å². The number of benzene rings is 2. The molecule has 6 heteroatoms. The van der Waals surface area contributed by atoms with E-state index in [1.165, 1.54) is 12.1 Å². The zero-order chi connectivity index (χ0) is 16.7. The second kappa shape index (κ2) is 7.87. The molecular formula is C17H18F3NO2. The van der Waals surface area contributed by atoms with Gasteiger partial charge in [-0.05, 0) is 19.1 Å². The molecule has 0 unspecified atom stereocenters. The Morgan fingerprint density at radius 1 is 0.870 bits per heavy atom. The van der Waals surface area contributed by atoms with Gasteiger partial charge in [0.25, 0.3) is 0 Å². The number of para-hydroxylation sites is 2. The zero-order valence-corrected chi connectivity index (χ0v) is 12.7. The van der Waals surface area contributed by atoms with E-state index >= 15 is 0 Å². The summed E-state index contributed by atoms with van der Waals surface area (Å²) in [5.41, 5.74) is 1.39. The van der Waals surface area contributed by atoms with Crippen LogP contribution in [-0.4, -0.2) is 13.0 Å². The van der Waals surface area contributed by atoms with E-state index in [0.29, 0.717) is 18.7 Å². The largest absolute Gasteiger partial charge is 0.573 e. The highest BCUT2D eigenvalue weighted by molar-refractivity contribution is 5.35. The topological polar surface area (TPSA) is 30.5 Å². The summed E-state index contributed by atoms with van der Waals surface area (Å²) in [5, 5.41) is 3.12. The van der Waals surface area contributed by atoms with E-state index in [2.05, 4.69) is 10.1 Å². The van der Waals surface area contributed by atoms with Crippen LogP contribution in [0.1, 0.15) is 18.1 Å². The van der Waals surface area contributed by atoms with Gasteiger partial charge < -0.3 is 14.8 Å². The van der Waals surface area contributed by atoms with E-state index in [0.717, 1.165) is 11.3 Å². The van der Waals surface area contributed by atoms with Crippen LogP contribution in [0.5, 0.6) is 11.5 Å². The molecule has 2 aromatic carbocycles. The molecule has 0 amide bonds. The first-order valence-corrected chi connectivity index (χ1v) is 7.24. The van der Waals surface area contributed by atoms with Gasteiger partial charge in [-0.15, -0.1) is 13.2 Å². The van der Waals surface area contributed by atoms with Gasteiger partial charge >= 0.3 is 6.36 Å². The molecular weight excluding hydrogens is 307 g/mol. The highest BCUT2D eigenvalue weighted by Gasteiger charge is 2.31. The number of nitrogens with one attached hydrogen (secondary N) is 1. The first kappa shape index (κ1) is 17.1. The molecule has 0 aliphatic heterocycles. The van der Waals surface area contributed by atoms with Gasteiger partial charge in [0.05, 0.1) is 6.61 Å². The molecule has 3 nitrogen and oxygen atoms in total. The minimum absolute atomic E-state index is 0.189. The highest BCUT2D eigenvalue weighted by atomic mass is 19.4. The summed E-state index contributed by atoms with van der Waals surface area (Å²) in [4.78, 5) is 0. The molecule has 0 aliphatic rings. The smallest absolute Gasteiger partial charge is 0.494 e. The monoisotopic (exact) mass is 325 g/mol. The Hall–Kier alpha value is -2.21. The van der Waals surface area contributed by atoms with Gasteiger partial charge in [0, 0.05) is 24.2 Å². The summed E-state index contributed by atoms with van der Waals surface area (Å²) in [7, 11) is 0. The van der Waals surface area contributed by atoms with Crippen molar-refractivity contribution < 1.29 is 22.6 Å². The van der Waals surface area contributed by atoms with Crippen molar-refractivity contribution in [2.75, 3.05) is 6.61 Å². The van der Waals surface area contributed by atoms with Crippen molar-refractivity contribution in [3.05, 3.63) is 59.7 Å². The van der Waals surface area contributed by atoms with Crippen LogP contribution in [0.4, 0.5) is 13.2 Å². The normalized spacial score (nSPS) is 11.3. The Kier molecular flexibility index (Phi) is 5.87. The molecule has 1 N–H and O–H groups in total. The minimum Gasteiger partial charge on any atom is -0.494 e. The second-order valence-electron chi connectivity index (χ2n) is 4.80. The molecule has 0 aliphatic carbocycles. The van der Waals surface area contributed by atoms with Crippen molar-refractivity contribution in [1.82, 2.24) is 5.32 Å². The van der Waals surface area contributed by atoms with E-state index in [1.807, 2.05) is 31.2 Å². The van der Waals surface area contributed by atoms with Gasteiger partial charge in [-0.1, -0.05) is 36.4 Å². The van der Waals surface area contributed by atoms with Crippen LogP contribution in [0.25, 0.3) is 0 Å². The second-order valence-corrected chi connectivity index (χ2v) is 4.80. The third kappa shape index (κ3) is 5.49. The molecule has 2 rings (SSSR count). The summed E-state index contributed by atoms with van der Waals surface area (Å²) in [5.74, 6) is 0.577. The van der Waals surface area contributed by atoms with Crippen LogP contribution < -0.4 is 14.8 Å². The highest BCUT2D eigenvalue weighted by Crippen LogP contribution is 2.26. The molecule has 0 radical (unpaired) electrons. The van der Waals surface area contributed by atoms with Gasteiger partial charge in [0.1, 0.15) is 11.5 Å². The van der Waals surface area contributed by atoms with Crippen molar-refractivity contribution in [2.45, 2.75) is 26.4 Å². The van der Waals surface area contributed by atoms with Gasteiger partial charge in [-0.25, -0.2) is 0 Å². The Bertz CT molecular complexity index is 629. The lowest BCUT2D eigenvalue weighted by atomic mass is 10.1. The van der Waals surface area contributed by atoms with Gasteiger partial charge in [0.15, 0.2) is 0 Å². The minimum atomic E-state index is -4.70. The molecule has 0 saturated carbocycles. The SMILES string of the molecule is CCOc1ccccc1CNCc1ccccc1OC(F)(F)F. The fourth-order valence-electron chi connectivity index (χ4n) is 2.15. The predicted octanol–water partition coefficient (Wildman–Crippen LogP) is 4.27. The number of ether oxygens (including phenoxy) is 2. The maximum atomic E-state index is 12.4. The standard InChI is InChI=1S/C17H18F3NO2/c1-2-22-15-9-5-3-7-13(15)11-21-12-14-8-4-6-10-16(14)23-17(18,19)20/h3-10,21H,2,11-12H2,1H3. The van der Waals surface area contributed by atoms with Crippen LogP contribution in [0.2, 0.25) is 0 Å².